The minimum atomic E-state index is -0.897. The maximum Gasteiger partial charge on any atom is 0.294 e. The Hall–Kier alpha value is -3.38. The van der Waals surface area contributed by atoms with Crippen molar-refractivity contribution < 1.29 is 19.1 Å². The monoisotopic (exact) mass is 394 g/mol. The summed E-state index contributed by atoms with van der Waals surface area (Å²) in [7, 11) is 0. The lowest BCUT2D eigenvalue weighted by Gasteiger charge is -2.27. The first kappa shape index (κ1) is 18.0. The first-order valence-corrected chi connectivity index (χ1v) is 8.89. The first-order valence-electron chi connectivity index (χ1n) is 8.51. The number of Topliss-reactive ketones (excluding diaryl/α,β-unsaturated/α-hetero) is 1. The van der Waals surface area contributed by atoms with Crippen LogP contribution in [0.15, 0.2) is 76.7 Å². The van der Waals surface area contributed by atoms with Crippen molar-refractivity contribution in [1.82, 2.24) is 4.98 Å². The van der Waals surface area contributed by atoms with Crippen molar-refractivity contribution in [2.45, 2.75) is 13.0 Å². The molecule has 3 aromatic rings. The highest BCUT2D eigenvalue weighted by Crippen LogP contribution is 2.42. The van der Waals surface area contributed by atoms with E-state index in [1.807, 2.05) is 0 Å². The predicted octanol–water partition coefficient (Wildman–Crippen LogP) is 4.42. The summed E-state index contributed by atoms with van der Waals surface area (Å²) in [5.74, 6) is -1.84. The highest BCUT2D eigenvalue weighted by atomic mass is 35.5. The van der Waals surface area contributed by atoms with Gasteiger partial charge in [0, 0.05) is 16.9 Å². The standard InChI is InChI=1S/C21H15ClN2O4/c1-12-11-13(22)7-8-15(12)24-18(14-5-2-3-9-23-14)17(20(26)21(24)27)19(25)16-6-4-10-28-16/h2-11,18,26H,1H3. The predicted molar refractivity (Wildman–Crippen MR) is 103 cm³/mol. The Morgan fingerprint density at radius 1 is 1.21 bits per heavy atom. The summed E-state index contributed by atoms with van der Waals surface area (Å²) in [6.07, 6.45) is 2.93. The van der Waals surface area contributed by atoms with E-state index in [0.717, 1.165) is 5.56 Å². The van der Waals surface area contributed by atoms with E-state index in [1.165, 1.54) is 17.2 Å². The number of carbonyl (C=O) groups is 2. The number of anilines is 1. The summed E-state index contributed by atoms with van der Waals surface area (Å²) in [6, 6.07) is 12.4. The summed E-state index contributed by atoms with van der Waals surface area (Å²) in [5, 5.41) is 11.1. The van der Waals surface area contributed by atoms with Gasteiger partial charge < -0.3 is 9.52 Å². The lowest BCUT2D eigenvalue weighted by molar-refractivity contribution is -0.117. The third-order valence-electron chi connectivity index (χ3n) is 4.58. The number of aromatic nitrogens is 1. The van der Waals surface area contributed by atoms with Gasteiger partial charge in [-0.15, -0.1) is 0 Å². The van der Waals surface area contributed by atoms with Crippen LogP contribution in [0.25, 0.3) is 0 Å². The van der Waals surface area contributed by atoms with Crippen molar-refractivity contribution >= 4 is 29.0 Å². The van der Waals surface area contributed by atoms with Crippen molar-refractivity contribution in [3.8, 4) is 0 Å². The van der Waals surface area contributed by atoms with E-state index in [4.69, 9.17) is 16.0 Å². The van der Waals surface area contributed by atoms with Crippen LogP contribution in [0.5, 0.6) is 0 Å². The van der Waals surface area contributed by atoms with E-state index in [0.29, 0.717) is 16.4 Å². The van der Waals surface area contributed by atoms with Crippen molar-refractivity contribution in [1.29, 1.82) is 0 Å². The minimum Gasteiger partial charge on any atom is -0.503 e. The van der Waals surface area contributed by atoms with E-state index in [-0.39, 0.29) is 11.3 Å². The van der Waals surface area contributed by atoms with Gasteiger partial charge in [-0.3, -0.25) is 19.5 Å². The van der Waals surface area contributed by atoms with Gasteiger partial charge in [0.2, 0.25) is 5.78 Å². The molecule has 0 saturated heterocycles. The molecule has 6 nitrogen and oxygen atoms in total. The summed E-state index contributed by atoms with van der Waals surface area (Å²) >= 11 is 6.05. The number of benzene rings is 1. The molecule has 2 aromatic heterocycles. The molecule has 0 saturated carbocycles. The van der Waals surface area contributed by atoms with Crippen LogP contribution in [0.2, 0.25) is 5.02 Å². The summed E-state index contributed by atoms with van der Waals surface area (Å²) in [4.78, 5) is 31.7. The second-order valence-electron chi connectivity index (χ2n) is 6.33. The van der Waals surface area contributed by atoms with Gasteiger partial charge >= 0.3 is 0 Å². The molecule has 0 radical (unpaired) electrons. The van der Waals surface area contributed by atoms with Crippen molar-refractivity contribution in [2.75, 3.05) is 4.90 Å². The Kier molecular flexibility index (Phi) is 4.49. The highest BCUT2D eigenvalue weighted by molar-refractivity contribution is 6.30. The second-order valence-corrected chi connectivity index (χ2v) is 6.77. The van der Waals surface area contributed by atoms with Crippen LogP contribution in [0.1, 0.15) is 27.9 Å². The Morgan fingerprint density at radius 3 is 2.68 bits per heavy atom. The molecule has 0 spiro atoms. The van der Waals surface area contributed by atoms with Crippen LogP contribution in [0, 0.1) is 6.92 Å². The first-order chi connectivity index (χ1) is 13.5. The Morgan fingerprint density at radius 2 is 2.04 bits per heavy atom. The number of ketones is 1. The highest BCUT2D eigenvalue weighted by Gasteiger charge is 2.46. The van der Waals surface area contributed by atoms with E-state index in [9.17, 15) is 14.7 Å². The molecule has 1 N–H and O–H groups in total. The molecule has 7 heteroatoms. The zero-order valence-electron chi connectivity index (χ0n) is 14.8. The fraction of sp³-hybridized carbons (Fsp3) is 0.0952. The number of furan rings is 1. The van der Waals surface area contributed by atoms with Gasteiger partial charge in [-0.1, -0.05) is 17.7 Å². The van der Waals surface area contributed by atoms with Gasteiger partial charge in [0.15, 0.2) is 11.5 Å². The normalized spacial score (nSPS) is 16.7. The van der Waals surface area contributed by atoms with Gasteiger partial charge in [0.25, 0.3) is 5.91 Å². The fourth-order valence-electron chi connectivity index (χ4n) is 3.33. The maximum absolute atomic E-state index is 13.0. The summed E-state index contributed by atoms with van der Waals surface area (Å²) < 4.78 is 5.19. The quantitative estimate of drug-likeness (QED) is 0.662. The Balaban J connectivity index is 1.90. The molecular weight excluding hydrogens is 380 g/mol. The molecule has 3 heterocycles. The molecule has 1 aliphatic heterocycles. The molecule has 1 amide bonds. The number of aliphatic hydroxyl groups excluding tert-OH is 1. The van der Waals surface area contributed by atoms with E-state index in [1.54, 1.807) is 55.6 Å². The van der Waals surface area contributed by atoms with Crippen molar-refractivity contribution in [3.05, 3.63) is 94.4 Å². The average Bonchev–Trinajstić information content (AvgIpc) is 3.31. The number of hydrogen-bond donors (Lipinski definition) is 1. The van der Waals surface area contributed by atoms with E-state index >= 15 is 0 Å². The zero-order chi connectivity index (χ0) is 19.8. The average molecular weight is 395 g/mol. The Labute approximate surface area is 165 Å². The maximum atomic E-state index is 13.0. The number of rotatable bonds is 4. The molecule has 0 bridgehead atoms. The molecule has 1 aromatic carbocycles. The van der Waals surface area contributed by atoms with E-state index in [2.05, 4.69) is 4.98 Å². The van der Waals surface area contributed by atoms with Crippen LogP contribution in [0.4, 0.5) is 5.69 Å². The number of nitrogens with zero attached hydrogens (tertiary/aromatic N) is 2. The van der Waals surface area contributed by atoms with Gasteiger partial charge in [0.1, 0.15) is 6.04 Å². The number of hydrogen-bond acceptors (Lipinski definition) is 5. The number of halogens is 1. The van der Waals surface area contributed by atoms with Crippen molar-refractivity contribution in [2.24, 2.45) is 0 Å². The molecule has 28 heavy (non-hydrogen) atoms. The molecule has 0 fully saturated rings. The number of carbonyl (C=O) groups excluding carboxylic acids is 2. The van der Waals surface area contributed by atoms with Crippen LogP contribution in [-0.4, -0.2) is 21.8 Å². The van der Waals surface area contributed by atoms with Crippen LogP contribution >= 0.6 is 11.6 Å². The third-order valence-corrected chi connectivity index (χ3v) is 4.82. The van der Waals surface area contributed by atoms with E-state index < -0.39 is 23.5 Å². The van der Waals surface area contributed by atoms with Crippen LogP contribution in [-0.2, 0) is 4.79 Å². The van der Waals surface area contributed by atoms with Gasteiger partial charge in [-0.05, 0) is 55.0 Å². The van der Waals surface area contributed by atoms with Crippen LogP contribution in [0.3, 0.4) is 0 Å². The topological polar surface area (TPSA) is 83.6 Å². The second kappa shape index (κ2) is 6.98. The number of aliphatic hydroxyl groups is 1. The molecule has 4 rings (SSSR count). The minimum absolute atomic E-state index is 0.0324. The molecular formula is C21H15ClN2O4. The zero-order valence-corrected chi connectivity index (χ0v) is 15.6. The summed E-state index contributed by atoms with van der Waals surface area (Å²) in [6.45, 7) is 1.80. The van der Waals surface area contributed by atoms with Crippen LogP contribution < -0.4 is 4.90 Å². The molecule has 1 atom stereocenters. The number of aryl methyl sites for hydroxylation is 1. The molecule has 0 aliphatic carbocycles. The fourth-order valence-corrected chi connectivity index (χ4v) is 3.56. The lowest BCUT2D eigenvalue weighted by Crippen LogP contribution is -2.32. The number of amides is 1. The molecule has 140 valence electrons. The third kappa shape index (κ3) is 2.88. The van der Waals surface area contributed by atoms with Gasteiger partial charge in [-0.25, -0.2) is 0 Å². The van der Waals surface area contributed by atoms with Gasteiger partial charge in [0.05, 0.1) is 17.5 Å². The molecule has 1 unspecified atom stereocenters. The lowest BCUT2D eigenvalue weighted by atomic mass is 9.98. The Bertz CT molecular complexity index is 1090. The smallest absolute Gasteiger partial charge is 0.294 e. The SMILES string of the molecule is Cc1cc(Cl)ccc1N1C(=O)C(O)=C(C(=O)c2ccco2)C1c1ccccn1. The number of pyridine rings is 1. The van der Waals surface area contributed by atoms with Gasteiger partial charge in [-0.2, -0.15) is 0 Å². The van der Waals surface area contributed by atoms with Crippen molar-refractivity contribution in [3.63, 3.8) is 0 Å². The summed E-state index contributed by atoms with van der Waals surface area (Å²) in [5.41, 5.74) is 1.62. The molecule has 1 aliphatic rings. The largest absolute Gasteiger partial charge is 0.503 e.